The van der Waals surface area contributed by atoms with Gasteiger partial charge in [0.25, 0.3) is 0 Å². The molecule has 5 nitrogen and oxygen atoms in total. The number of carboxylic acids is 1. The van der Waals surface area contributed by atoms with Gasteiger partial charge in [-0.15, -0.1) is 0 Å². The maximum atomic E-state index is 11.5. The fourth-order valence-corrected chi connectivity index (χ4v) is 1.52. The first kappa shape index (κ1) is 10.6. The van der Waals surface area contributed by atoms with Gasteiger partial charge in [-0.25, -0.2) is 9.78 Å². The normalized spacial score (nSPS) is 22.6. The molecule has 1 fully saturated rings. The van der Waals surface area contributed by atoms with Crippen molar-refractivity contribution in [1.29, 1.82) is 0 Å². The average Bonchev–Trinajstić information content (AvgIpc) is 2.96. The van der Waals surface area contributed by atoms with Crippen LogP contribution in [0.4, 0.5) is 5.69 Å². The number of hydrogen-bond acceptors (Lipinski definition) is 3. The molecule has 0 bridgehead atoms. The number of aromatic carboxylic acids is 1. The molecule has 0 saturated heterocycles. The molecule has 2 atom stereocenters. The molecule has 5 heteroatoms. The van der Waals surface area contributed by atoms with Crippen molar-refractivity contribution >= 4 is 17.6 Å². The minimum Gasteiger partial charge on any atom is -0.477 e. The molecule has 1 aliphatic rings. The molecule has 2 N–H and O–H groups in total. The number of rotatable bonds is 3. The number of carboxylic acid groups (broad SMARTS) is 1. The molecule has 84 valence electrons. The van der Waals surface area contributed by atoms with Crippen molar-refractivity contribution in [2.75, 3.05) is 5.32 Å². The zero-order chi connectivity index (χ0) is 11.7. The van der Waals surface area contributed by atoms with Crippen LogP contribution in [0.1, 0.15) is 23.8 Å². The highest BCUT2D eigenvalue weighted by Crippen LogP contribution is 2.38. The van der Waals surface area contributed by atoms with Crippen molar-refractivity contribution in [2.24, 2.45) is 11.8 Å². The maximum Gasteiger partial charge on any atom is 0.354 e. The molecule has 2 rings (SSSR count). The monoisotopic (exact) mass is 220 g/mol. The summed E-state index contributed by atoms with van der Waals surface area (Å²) in [4.78, 5) is 25.8. The number of anilines is 1. The molecular formula is C11H12N2O3. The van der Waals surface area contributed by atoms with Crippen LogP contribution in [0, 0.1) is 11.8 Å². The number of nitrogens with zero attached hydrogens (tertiary/aromatic N) is 1. The second-order valence-corrected chi connectivity index (χ2v) is 4.05. The van der Waals surface area contributed by atoms with E-state index in [0.717, 1.165) is 6.42 Å². The Hall–Kier alpha value is -1.91. The lowest BCUT2D eigenvalue weighted by atomic mass is 10.3. The standard InChI is InChI=1S/C11H12N2O3/c1-6-4-8(6)10(14)13-7-2-3-9(11(15)16)12-5-7/h2-3,5-6,8H,4H2,1H3,(H,13,14)(H,15,16). The summed E-state index contributed by atoms with van der Waals surface area (Å²) in [6.07, 6.45) is 2.28. The zero-order valence-electron chi connectivity index (χ0n) is 8.80. The Morgan fingerprint density at radius 1 is 1.50 bits per heavy atom. The van der Waals surface area contributed by atoms with Gasteiger partial charge >= 0.3 is 5.97 Å². The molecule has 0 radical (unpaired) electrons. The Labute approximate surface area is 92.5 Å². The van der Waals surface area contributed by atoms with Gasteiger partial charge in [-0.1, -0.05) is 6.92 Å². The van der Waals surface area contributed by atoms with E-state index in [1.807, 2.05) is 6.92 Å². The average molecular weight is 220 g/mol. The van der Waals surface area contributed by atoms with Crippen LogP contribution in [0.25, 0.3) is 0 Å². The second-order valence-electron chi connectivity index (χ2n) is 4.05. The van der Waals surface area contributed by atoms with Crippen LogP contribution in [0.15, 0.2) is 18.3 Å². The van der Waals surface area contributed by atoms with Crippen molar-refractivity contribution in [3.05, 3.63) is 24.0 Å². The first-order chi connectivity index (χ1) is 7.58. The summed E-state index contributed by atoms with van der Waals surface area (Å²) in [6, 6.07) is 2.91. The summed E-state index contributed by atoms with van der Waals surface area (Å²) < 4.78 is 0. The van der Waals surface area contributed by atoms with Crippen LogP contribution in [-0.2, 0) is 4.79 Å². The van der Waals surface area contributed by atoms with E-state index in [1.54, 1.807) is 6.07 Å². The summed E-state index contributed by atoms with van der Waals surface area (Å²) in [5.41, 5.74) is 0.506. The van der Waals surface area contributed by atoms with E-state index in [2.05, 4.69) is 10.3 Å². The predicted molar refractivity (Wildman–Crippen MR) is 57.1 cm³/mol. The molecule has 16 heavy (non-hydrogen) atoms. The van der Waals surface area contributed by atoms with E-state index < -0.39 is 5.97 Å². The maximum absolute atomic E-state index is 11.5. The van der Waals surface area contributed by atoms with Gasteiger partial charge < -0.3 is 10.4 Å². The SMILES string of the molecule is CC1CC1C(=O)Nc1ccc(C(=O)O)nc1. The van der Waals surface area contributed by atoms with Crippen LogP contribution in [-0.4, -0.2) is 22.0 Å². The third-order valence-corrected chi connectivity index (χ3v) is 2.70. The van der Waals surface area contributed by atoms with E-state index in [0.29, 0.717) is 11.6 Å². The Morgan fingerprint density at radius 2 is 2.19 bits per heavy atom. The fourth-order valence-electron chi connectivity index (χ4n) is 1.52. The highest BCUT2D eigenvalue weighted by atomic mass is 16.4. The van der Waals surface area contributed by atoms with Crippen LogP contribution in [0.3, 0.4) is 0 Å². The van der Waals surface area contributed by atoms with E-state index in [4.69, 9.17) is 5.11 Å². The molecule has 1 saturated carbocycles. The van der Waals surface area contributed by atoms with E-state index in [9.17, 15) is 9.59 Å². The zero-order valence-corrected chi connectivity index (χ0v) is 8.80. The van der Waals surface area contributed by atoms with Gasteiger partial charge in [0.05, 0.1) is 11.9 Å². The minimum atomic E-state index is -1.08. The summed E-state index contributed by atoms with van der Waals surface area (Å²) in [6.45, 7) is 2.02. The Bertz CT molecular complexity index is 427. The number of carbonyl (C=O) groups is 2. The largest absolute Gasteiger partial charge is 0.477 e. The van der Waals surface area contributed by atoms with Gasteiger partial charge in [-0.3, -0.25) is 4.79 Å². The molecule has 1 aromatic heterocycles. The molecule has 0 spiro atoms. The molecule has 1 aromatic rings. The lowest BCUT2D eigenvalue weighted by molar-refractivity contribution is -0.117. The summed E-state index contributed by atoms with van der Waals surface area (Å²) in [7, 11) is 0. The highest BCUT2D eigenvalue weighted by Gasteiger charge is 2.39. The van der Waals surface area contributed by atoms with Crippen molar-refractivity contribution in [3.63, 3.8) is 0 Å². The van der Waals surface area contributed by atoms with Crippen LogP contribution < -0.4 is 5.32 Å². The molecule has 1 amide bonds. The molecule has 1 aliphatic carbocycles. The number of nitrogens with one attached hydrogen (secondary N) is 1. The molecular weight excluding hydrogens is 208 g/mol. The van der Waals surface area contributed by atoms with Gasteiger partial charge in [0, 0.05) is 5.92 Å². The van der Waals surface area contributed by atoms with Crippen molar-refractivity contribution < 1.29 is 14.7 Å². The topological polar surface area (TPSA) is 79.3 Å². The third-order valence-electron chi connectivity index (χ3n) is 2.70. The van der Waals surface area contributed by atoms with Crippen molar-refractivity contribution in [3.8, 4) is 0 Å². The number of aromatic nitrogens is 1. The fraction of sp³-hybridized carbons (Fsp3) is 0.364. The van der Waals surface area contributed by atoms with Gasteiger partial charge in [0.2, 0.25) is 5.91 Å². The molecule has 2 unspecified atom stereocenters. The summed E-state index contributed by atoms with van der Waals surface area (Å²) in [5.74, 6) is -0.545. The number of hydrogen-bond donors (Lipinski definition) is 2. The number of amides is 1. The number of pyridine rings is 1. The molecule has 1 heterocycles. The Morgan fingerprint density at radius 3 is 2.62 bits per heavy atom. The Balaban J connectivity index is 2.00. The minimum absolute atomic E-state index is 0.0163. The van der Waals surface area contributed by atoms with Gasteiger partial charge in [0.15, 0.2) is 0 Å². The lowest BCUT2D eigenvalue weighted by Gasteiger charge is -2.03. The first-order valence-corrected chi connectivity index (χ1v) is 5.08. The predicted octanol–water partition coefficient (Wildman–Crippen LogP) is 1.37. The van der Waals surface area contributed by atoms with E-state index in [-0.39, 0.29) is 17.5 Å². The van der Waals surface area contributed by atoms with Gasteiger partial charge in [-0.2, -0.15) is 0 Å². The first-order valence-electron chi connectivity index (χ1n) is 5.08. The highest BCUT2D eigenvalue weighted by molar-refractivity contribution is 5.94. The van der Waals surface area contributed by atoms with Crippen molar-refractivity contribution in [2.45, 2.75) is 13.3 Å². The van der Waals surface area contributed by atoms with Crippen LogP contribution in [0.2, 0.25) is 0 Å². The number of carbonyl (C=O) groups excluding carboxylic acids is 1. The smallest absolute Gasteiger partial charge is 0.354 e. The van der Waals surface area contributed by atoms with E-state index >= 15 is 0 Å². The van der Waals surface area contributed by atoms with Crippen LogP contribution in [0.5, 0.6) is 0 Å². The second kappa shape index (κ2) is 3.92. The van der Waals surface area contributed by atoms with Gasteiger partial charge in [-0.05, 0) is 24.5 Å². The summed E-state index contributed by atoms with van der Waals surface area (Å²) >= 11 is 0. The van der Waals surface area contributed by atoms with Crippen LogP contribution >= 0.6 is 0 Å². The molecule has 0 aromatic carbocycles. The summed E-state index contributed by atoms with van der Waals surface area (Å²) in [5, 5.41) is 11.3. The van der Waals surface area contributed by atoms with Gasteiger partial charge in [0.1, 0.15) is 5.69 Å². The lowest BCUT2D eigenvalue weighted by Crippen LogP contribution is -2.14. The third kappa shape index (κ3) is 2.18. The quantitative estimate of drug-likeness (QED) is 0.806. The van der Waals surface area contributed by atoms with Crippen molar-refractivity contribution in [1.82, 2.24) is 4.98 Å². The molecule has 0 aliphatic heterocycles. The Kier molecular flexibility index (Phi) is 2.60. The van der Waals surface area contributed by atoms with E-state index in [1.165, 1.54) is 12.3 Å².